The standard InChI is InChI=1S/C22H42N6O6/c1-21(27-17(29)5-3-7-19(31)32)13-23-9-11-25-15-22(2,16-26-12-10-24-14-21)28-18(30)6-4-8-20(33)34/h23-26H,3-16H2,1-2H3,(H,27,29)(H,28,30)(H,31,32)(H,33,34). The van der Waals surface area contributed by atoms with Gasteiger partial charge in [0.2, 0.25) is 11.8 Å². The lowest BCUT2D eigenvalue weighted by Gasteiger charge is -2.34. The maximum absolute atomic E-state index is 12.3. The number of carboxylic acid groups (broad SMARTS) is 2. The third kappa shape index (κ3) is 14.1. The van der Waals surface area contributed by atoms with Gasteiger partial charge in [0, 0.05) is 78.0 Å². The predicted octanol–water partition coefficient (Wildman–Crippen LogP) is -1.38. The molecule has 0 atom stereocenters. The van der Waals surface area contributed by atoms with Crippen molar-refractivity contribution in [2.75, 3.05) is 52.4 Å². The lowest BCUT2D eigenvalue weighted by molar-refractivity contribution is -0.138. The van der Waals surface area contributed by atoms with Crippen molar-refractivity contribution >= 4 is 23.8 Å². The van der Waals surface area contributed by atoms with Crippen molar-refractivity contribution in [2.45, 2.75) is 63.5 Å². The summed E-state index contributed by atoms with van der Waals surface area (Å²) in [5.74, 6) is -2.15. The zero-order valence-corrected chi connectivity index (χ0v) is 20.4. The van der Waals surface area contributed by atoms with Crippen LogP contribution in [0, 0.1) is 0 Å². The van der Waals surface area contributed by atoms with Crippen LogP contribution in [0.3, 0.4) is 0 Å². The number of aliphatic carboxylic acids is 2. The van der Waals surface area contributed by atoms with Gasteiger partial charge in [0.15, 0.2) is 0 Å². The van der Waals surface area contributed by atoms with Crippen LogP contribution in [-0.2, 0) is 19.2 Å². The molecule has 0 unspecified atom stereocenters. The van der Waals surface area contributed by atoms with E-state index in [0.717, 1.165) is 0 Å². The molecule has 12 heteroatoms. The van der Waals surface area contributed by atoms with Crippen molar-refractivity contribution < 1.29 is 29.4 Å². The Labute approximate surface area is 201 Å². The van der Waals surface area contributed by atoms with Gasteiger partial charge in [-0.15, -0.1) is 0 Å². The number of rotatable bonds is 10. The zero-order valence-electron chi connectivity index (χ0n) is 20.4. The van der Waals surface area contributed by atoms with Crippen LogP contribution < -0.4 is 31.9 Å². The van der Waals surface area contributed by atoms with Crippen molar-refractivity contribution in [1.82, 2.24) is 31.9 Å². The van der Waals surface area contributed by atoms with E-state index in [9.17, 15) is 19.2 Å². The first-order valence-electron chi connectivity index (χ1n) is 11.9. The Kier molecular flexibility index (Phi) is 13.6. The molecule has 1 aliphatic heterocycles. The van der Waals surface area contributed by atoms with E-state index < -0.39 is 23.0 Å². The average Bonchev–Trinajstić information content (AvgIpc) is 2.72. The molecule has 0 bridgehead atoms. The van der Waals surface area contributed by atoms with Crippen LogP contribution in [0.15, 0.2) is 0 Å². The summed E-state index contributed by atoms with van der Waals surface area (Å²) in [7, 11) is 0. The molecule has 0 saturated carbocycles. The smallest absolute Gasteiger partial charge is 0.303 e. The lowest BCUT2D eigenvalue weighted by atomic mass is 10.0. The van der Waals surface area contributed by atoms with Gasteiger partial charge >= 0.3 is 11.9 Å². The Balaban J connectivity index is 2.54. The summed E-state index contributed by atoms with van der Waals surface area (Å²) < 4.78 is 0. The van der Waals surface area contributed by atoms with Crippen LogP contribution in [0.1, 0.15) is 52.4 Å². The molecule has 34 heavy (non-hydrogen) atoms. The third-order valence-corrected chi connectivity index (χ3v) is 5.49. The summed E-state index contributed by atoms with van der Waals surface area (Å²) >= 11 is 0. The molecule has 1 saturated heterocycles. The van der Waals surface area contributed by atoms with E-state index in [0.29, 0.717) is 65.2 Å². The quantitative estimate of drug-likeness (QED) is 0.183. The van der Waals surface area contributed by atoms with Crippen LogP contribution in [0.4, 0.5) is 0 Å². The summed E-state index contributed by atoms with van der Waals surface area (Å²) in [6.45, 7) is 8.67. The summed E-state index contributed by atoms with van der Waals surface area (Å²) in [6, 6.07) is 0. The molecule has 1 aliphatic rings. The van der Waals surface area contributed by atoms with Gasteiger partial charge in [-0.05, 0) is 26.7 Å². The molecule has 1 heterocycles. The molecular formula is C22H42N6O6. The molecule has 0 spiro atoms. The summed E-state index contributed by atoms with van der Waals surface area (Å²) in [4.78, 5) is 45.9. The first kappa shape index (κ1) is 29.8. The summed E-state index contributed by atoms with van der Waals surface area (Å²) in [5, 5.41) is 36.9. The minimum atomic E-state index is -0.908. The number of carbonyl (C=O) groups is 4. The van der Waals surface area contributed by atoms with Gasteiger partial charge in [-0.25, -0.2) is 0 Å². The number of carbonyl (C=O) groups excluding carboxylic acids is 2. The van der Waals surface area contributed by atoms with Crippen LogP contribution in [0.2, 0.25) is 0 Å². The largest absolute Gasteiger partial charge is 0.481 e. The van der Waals surface area contributed by atoms with Crippen LogP contribution in [0.25, 0.3) is 0 Å². The lowest BCUT2D eigenvalue weighted by Crippen LogP contribution is -2.61. The van der Waals surface area contributed by atoms with E-state index in [4.69, 9.17) is 10.2 Å². The van der Waals surface area contributed by atoms with Gasteiger partial charge in [-0.1, -0.05) is 0 Å². The predicted molar refractivity (Wildman–Crippen MR) is 128 cm³/mol. The molecule has 196 valence electrons. The Morgan fingerprint density at radius 3 is 1.18 bits per heavy atom. The Hall–Kier alpha value is -2.28. The molecule has 0 aromatic heterocycles. The first-order valence-corrected chi connectivity index (χ1v) is 11.9. The number of amides is 2. The Morgan fingerprint density at radius 1 is 0.618 bits per heavy atom. The molecule has 8 N–H and O–H groups in total. The highest BCUT2D eigenvalue weighted by molar-refractivity contribution is 5.78. The highest BCUT2D eigenvalue weighted by atomic mass is 16.4. The van der Waals surface area contributed by atoms with Crippen molar-refractivity contribution in [2.24, 2.45) is 0 Å². The molecule has 2 amide bonds. The van der Waals surface area contributed by atoms with Crippen molar-refractivity contribution in [3.63, 3.8) is 0 Å². The van der Waals surface area contributed by atoms with Gasteiger partial charge < -0.3 is 42.1 Å². The normalized spacial score (nSPS) is 25.0. The Morgan fingerprint density at radius 2 is 0.912 bits per heavy atom. The van der Waals surface area contributed by atoms with E-state index in [-0.39, 0.29) is 37.5 Å². The van der Waals surface area contributed by atoms with Gasteiger partial charge in [-0.2, -0.15) is 0 Å². The van der Waals surface area contributed by atoms with Gasteiger partial charge in [0.25, 0.3) is 0 Å². The molecule has 0 aromatic carbocycles. The molecule has 0 aromatic rings. The second kappa shape index (κ2) is 15.6. The van der Waals surface area contributed by atoms with Crippen molar-refractivity contribution in [3.05, 3.63) is 0 Å². The molecule has 12 nitrogen and oxygen atoms in total. The molecule has 0 aliphatic carbocycles. The topological polar surface area (TPSA) is 181 Å². The van der Waals surface area contributed by atoms with Gasteiger partial charge in [-0.3, -0.25) is 19.2 Å². The number of carboxylic acids is 2. The van der Waals surface area contributed by atoms with E-state index >= 15 is 0 Å². The second-order valence-electron chi connectivity index (χ2n) is 9.42. The fraction of sp³-hybridized carbons (Fsp3) is 0.818. The van der Waals surface area contributed by atoms with E-state index in [1.54, 1.807) is 0 Å². The maximum Gasteiger partial charge on any atom is 0.303 e. The minimum absolute atomic E-state index is 0.0281. The fourth-order valence-corrected chi connectivity index (χ4v) is 3.71. The monoisotopic (exact) mass is 486 g/mol. The van der Waals surface area contributed by atoms with Crippen LogP contribution >= 0.6 is 0 Å². The van der Waals surface area contributed by atoms with Crippen LogP contribution in [-0.4, -0.2) is 97.4 Å². The zero-order chi connectivity index (χ0) is 25.5. The minimum Gasteiger partial charge on any atom is -0.481 e. The number of hydrogen-bond donors (Lipinski definition) is 8. The number of nitrogens with one attached hydrogen (secondary N) is 6. The molecular weight excluding hydrogens is 444 g/mol. The first-order chi connectivity index (χ1) is 16.0. The summed E-state index contributed by atoms with van der Waals surface area (Å²) in [5.41, 5.74) is -1.05. The van der Waals surface area contributed by atoms with E-state index in [2.05, 4.69) is 31.9 Å². The van der Waals surface area contributed by atoms with Gasteiger partial charge in [0.05, 0.1) is 11.1 Å². The van der Waals surface area contributed by atoms with Crippen LogP contribution in [0.5, 0.6) is 0 Å². The summed E-state index contributed by atoms with van der Waals surface area (Å²) in [6.07, 6.45) is 0.901. The van der Waals surface area contributed by atoms with E-state index in [1.165, 1.54) is 0 Å². The maximum atomic E-state index is 12.3. The highest BCUT2D eigenvalue weighted by Crippen LogP contribution is 2.06. The SMILES string of the molecule is CC1(NC(=O)CCCC(=O)O)CNCCNCC(C)(NC(=O)CCCC(=O)O)CNCCNC1. The second-order valence-corrected chi connectivity index (χ2v) is 9.42. The molecule has 1 rings (SSSR count). The molecule has 0 radical (unpaired) electrons. The van der Waals surface area contributed by atoms with Crippen molar-refractivity contribution in [3.8, 4) is 0 Å². The highest BCUT2D eigenvalue weighted by Gasteiger charge is 2.28. The third-order valence-electron chi connectivity index (χ3n) is 5.49. The number of hydrogen-bond acceptors (Lipinski definition) is 8. The molecule has 1 fully saturated rings. The fourth-order valence-electron chi connectivity index (χ4n) is 3.71. The Bertz CT molecular complexity index is 602. The van der Waals surface area contributed by atoms with Gasteiger partial charge in [0.1, 0.15) is 0 Å². The van der Waals surface area contributed by atoms with Crippen molar-refractivity contribution in [1.29, 1.82) is 0 Å². The van der Waals surface area contributed by atoms with E-state index in [1.807, 2.05) is 13.8 Å². The average molecular weight is 487 g/mol.